The average Bonchev–Trinajstić information content (AvgIpc) is 2.52. The minimum atomic E-state index is -1.01. The molecule has 1 atom stereocenters. The molecule has 0 radical (unpaired) electrons. The number of nitriles is 1. The Morgan fingerprint density at radius 2 is 1.96 bits per heavy atom. The van der Waals surface area contributed by atoms with E-state index in [1.807, 2.05) is 19.9 Å². The molecule has 0 saturated carbocycles. The Balaban J connectivity index is 2.47. The summed E-state index contributed by atoms with van der Waals surface area (Å²) in [5, 5.41) is 12.6. The molecule has 24 heavy (non-hydrogen) atoms. The SMILES string of the molecule is CC(C)[C@](C)(C#N)NC(=O)COC(=O)CSc1c(Cl)cccc1Cl. The summed E-state index contributed by atoms with van der Waals surface area (Å²) in [6.45, 7) is 4.81. The number of thioether (sulfide) groups is 1. The monoisotopic (exact) mass is 388 g/mol. The van der Waals surface area contributed by atoms with Gasteiger partial charge in [-0.25, -0.2) is 0 Å². The molecule has 0 spiro atoms. The summed E-state index contributed by atoms with van der Waals surface area (Å²) in [6, 6.07) is 7.10. The number of nitrogens with zero attached hydrogens (tertiary/aromatic N) is 1. The Bertz CT molecular complexity index is 641. The first-order chi connectivity index (χ1) is 11.2. The number of ether oxygens (including phenoxy) is 1. The predicted molar refractivity (Wildman–Crippen MR) is 95.1 cm³/mol. The maximum atomic E-state index is 11.8. The van der Waals surface area contributed by atoms with Crippen molar-refractivity contribution >= 4 is 46.8 Å². The number of carbonyl (C=O) groups is 2. The summed E-state index contributed by atoms with van der Waals surface area (Å²) in [6.07, 6.45) is 0. The highest BCUT2D eigenvalue weighted by Crippen LogP contribution is 2.33. The highest BCUT2D eigenvalue weighted by Gasteiger charge is 2.30. The van der Waals surface area contributed by atoms with E-state index in [0.29, 0.717) is 14.9 Å². The molecule has 1 aromatic carbocycles. The van der Waals surface area contributed by atoms with Crippen LogP contribution >= 0.6 is 35.0 Å². The quantitative estimate of drug-likeness (QED) is 0.569. The first kappa shape index (κ1) is 20.6. The Hall–Kier alpha value is -1.42. The molecule has 0 saturated heterocycles. The zero-order valence-electron chi connectivity index (χ0n) is 13.6. The number of amides is 1. The third-order valence-corrected chi connectivity index (χ3v) is 5.37. The predicted octanol–water partition coefficient (Wildman–Crippen LogP) is 3.68. The number of carbonyl (C=O) groups excluding carboxylic acids is 2. The molecule has 8 heteroatoms. The second-order valence-corrected chi connectivity index (χ2v) is 7.32. The van der Waals surface area contributed by atoms with Gasteiger partial charge < -0.3 is 10.1 Å². The summed E-state index contributed by atoms with van der Waals surface area (Å²) in [5.74, 6) is -1.22. The Morgan fingerprint density at radius 3 is 2.46 bits per heavy atom. The van der Waals surface area contributed by atoms with Crippen molar-refractivity contribution < 1.29 is 14.3 Å². The van der Waals surface area contributed by atoms with Gasteiger partial charge in [0.05, 0.1) is 21.9 Å². The van der Waals surface area contributed by atoms with E-state index in [1.54, 1.807) is 25.1 Å². The van der Waals surface area contributed by atoms with Crippen molar-refractivity contribution in [3.05, 3.63) is 28.2 Å². The van der Waals surface area contributed by atoms with Gasteiger partial charge >= 0.3 is 5.97 Å². The van der Waals surface area contributed by atoms with Crippen molar-refractivity contribution in [2.45, 2.75) is 31.2 Å². The van der Waals surface area contributed by atoms with Gasteiger partial charge in [0, 0.05) is 4.90 Å². The van der Waals surface area contributed by atoms with Crippen molar-refractivity contribution in [1.29, 1.82) is 5.26 Å². The van der Waals surface area contributed by atoms with Gasteiger partial charge in [-0.2, -0.15) is 5.26 Å². The molecule has 0 aliphatic heterocycles. The van der Waals surface area contributed by atoms with E-state index in [1.165, 1.54) is 0 Å². The van der Waals surface area contributed by atoms with E-state index in [2.05, 4.69) is 5.32 Å². The molecule has 0 unspecified atom stereocenters. The Kier molecular flexibility index (Phi) is 7.88. The molecule has 0 bridgehead atoms. The number of hydrogen-bond donors (Lipinski definition) is 1. The van der Waals surface area contributed by atoms with Crippen LogP contribution in [-0.4, -0.2) is 29.8 Å². The Labute approximate surface area is 155 Å². The maximum Gasteiger partial charge on any atom is 0.316 e. The number of nitrogens with one attached hydrogen (secondary N) is 1. The van der Waals surface area contributed by atoms with E-state index in [9.17, 15) is 9.59 Å². The molecule has 0 fully saturated rings. The van der Waals surface area contributed by atoms with E-state index in [-0.39, 0.29) is 11.7 Å². The number of esters is 1. The highest BCUT2D eigenvalue weighted by atomic mass is 35.5. The molecular weight excluding hydrogens is 371 g/mol. The molecule has 5 nitrogen and oxygen atoms in total. The molecule has 1 aromatic rings. The standard InChI is InChI=1S/C16H18Cl2N2O3S/c1-10(2)16(3,9-19)20-13(21)7-23-14(22)8-24-15-11(17)5-4-6-12(15)18/h4-6,10H,7-8H2,1-3H3,(H,20,21)/t16-/m0/s1. The maximum absolute atomic E-state index is 11.8. The summed E-state index contributed by atoms with van der Waals surface area (Å²) < 4.78 is 4.91. The van der Waals surface area contributed by atoms with Crippen LogP contribution in [0.15, 0.2) is 23.1 Å². The van der Waals surface area contributed by atoms with Crippen molar-refractivity contribution in [2.24, 2.45) is 5.92 Å². The molecule has 1 rings (SSSR count). The largest absolute Gasteiger partial charge is 0.455 e. The smallest absolute Gasteiger partial charge is 0.316 e. The van der Waals surface area contributed by atoms with Crippen molar-refractivity contribution in [1.82, 2.24) is 5.32 Å². The van der Waals surface area contributed by atoms with Gasteiger partial charge in [-0.05, 0) is 25.0 Å². The van der Waals surface area contributed by atoms with E-state index in [0.717, 1.165) is 11.8 Å². The van der Waals surface area contributed by atoms with Gasteiger partial charge in [0.1, 0.15) is 5.54 Å². The molecule has 0 heterocycles. The number of halogens is 2. The van der Waals surface area contributed by atoms with Crippen LogP contribution in [-0.2, 0) is 14.3 Å². The number of hydrogen-bond acceptors (Lipinski definition) is 5. The zero-order chi connectivity index (χ0) is 18.3. The average molecular weight is 389 g/mol. The van der Waals surface area contributed by atoms with Gasteiger partial charge in [-0.3, -0.25) is 9.59 Å². The lowest BCUT2D eigenvalue weighted by atomic mass is 9.90. The molecule has 0 aromatic heterocycles. The summed E-state index contributed by atoms with van der Waals surface area (Å²) in [4.78, 5) is 24.1. The fourth-order valence-electron chi connectivity index (χ4n) is 1.57. The molecule has 1 amide bonds. The van der Waals surface area contributed by atoms with E-state index >= 15 is 0 Å². The third kappa shape index (κ3) is 5.90. The van der Waals surface area contributed by atoms with Crippen LogP contribution in [0.1, 0.15) is 20.8 Å². The highest BCUT2D eigenvalue weighted by molar-refractivity contribution is 8.00. The summed E-state index contributed by atoms with van der Waals surface area (Å²) >= 11 is 13.1. The molecule has 0 aliphatic carbocycles. The van der Waals surface area contributed by atoms with Gasteiger partial charge in [0.15, 0.2) is 6.61 Å². The summed E-state index contributed by atoms with van der Waals surface area (Å²) in [7, 11) is 0. The second-order valence-electron chi connectivity index (χ2n) is 5.52. The molecular formula is C16H18Cl2N2O3S. The topological polar surface area (TPSA) is 79.2 Å². The van der Waals surface area contributed by atoms with Crippen LogP contribution < -0.4 is 5.32 Å². The van der Waals surface area contributed by atoms with Crippen LogP contribution in [0.3, 0.4) is 0 Å². The minimum absolute atomic E-state index is 0.0313. The lowest BCUT2D eigenvalue weighted by Gasteiger charge is -2.27. The molecule has 130 valence electrons. The van der Waals surface area contributed by atoms with Crippen molar-refractivity contribution in [2.75, 3.05) is 12.4 Å². The van der Waals surface area contributed by atoms with Crippen molar-refractivity contribution in [3.8, 4) is 6.07 Å². The van der Waals surface area contributed by atoms with Crippen LogP contribution in [0, 0.1) is 17.2 Å². The first-order valence-corrected chi connectivity index (χ1v) is 8.88. The minimum Gasteiger partial charge on any atom is -0.455 e. The fraction of sp³-hybridized carbons (Fsp3) is 0.438. The van der Waals surface area contributed by atoms with Crippen LogP contribution in [0.5, 0.6) is 0 Å². The van der Waals surface area contributed by atoms with E-state index < -0.39 is 24.0 Å². The third-order valence-electron chi connectivity index (χ3n) is 3.40. The van der Waals surface area contributed by atoms with Crippen molar-refractivity contribution in [3.63, 3.8) is 0 Å². The first-order valence-electron chi connectivity index (χ1n) is 7.14. The molecule has 1 N–H and O–H groups in total. The summed E-state index contributed by atoms with van der Waals surface area (Å²) in [5.41, 5.74) is -1.01. The van der Waals surface area contributed by atoms with Crippen LogP contribution in [0.25, 0.3) is 0 Å². The Morgan fingerprint density at radius 1 is 1.38 bits per heavy atom. The van der Waals surface area contributed by atoms with E-state index in [4.69, 9.17) is 33.2 Å². The van der Waals surface area contributed by atoms with Gasteiger partial charge in [-0.15, -0.1) is 11.8 Å². The fourth-order valence-corrected chi connectivity index (χ4v) is 3.05. The van der Waals surface area contributed by atoms with Gasteiger partial charge in [-0.1, -0.05) is 43.1 Å². The van der Waals surface area contributed by atoms with Gasteiger partial charge in [0.2, 0.25) is 0 Å². The normalized spacial score (nSPS) is 13.0. The van der Waals surface area contributed by atoms with Gasteiger partial charge in [0.25, 0.3) is 5.91 Å². The zero-order valence-corrected chi connectivity index (χ0v) is 15.9. The second kappa shape index (κ2) is 9.16. The van der Waals surface area contributed by atoms with Crippen LogP contribution in [0.4, 0.5) is 0 Å². The number of rotatable bonds is 7. The lowest BCUT2D eigenvalue weighted by molar-refractivity contribution is -0.146. The molecule has 0 aliphatic rings. The lowest BCUT2D eigenvalue weighted by Crippen LogP contribution is -2.50. The number of benzene rings is 1. The van der Waals surface area contributed by atoms with Crippen LogP contribution in [0.2, 0.25) is 10.0 Å².